The van der Waals surface area contributed by atoms with E-state index in [1.54, 1.807) is 13.8 Å². The number of carbonyl (C=O) groups excluding carboxylic acids is 1. The van der Waals surface area contributed by atoms with Crippen molar-refractivity contribution in [1.82, 2.24) is 0 Å². The van der Waals surface area contributed by atoms with Crippen LogP contribution in [0.4, 0.5) is 0 Å². The van der Waals surface area contributed by atoms with Gasteiger partial charge in [0.2, 0.25) is 0 Å². The number of hydrogen-bond donors (Lipinski definition) is 0. The average molecular weight is 286 g/mol. The van der Waals surface area contributed by atoms with E-state index in [0.717, 1.165) is 0 Å². The fraction of sp³-hybridized carbons (Fsp3) is 0.929. The van der Waals surface area contributed by atoms with Gasteiger partial charge in [-0.25, -0.2) is 4.79 Å². The highest BCUT2D eigenvalue weighted by molar-refractivity contribution is 5.81. The maximum Gasteiger partial charge on any atom is 0.341 e. The number of methoxy groups -OCH3 is 1. The molecule has 6 nitrogen and oxygen atoms in total. The normalized spacial score (nSPS) is 44.8. The molecule has 2 heterocycles. The lowest BCUT2D eigenvalue weighted by molar-refractivity contribution is -0.190. The largest absolute Gasteiger partial charge is 0.467 e. The zero-order chi connectivity index (χ0) is 14.8. The van der Waals surface area contributed by atoms with Gasteiger partial charge in [-0.15, -0.1) is 0 Å². The van der Waals surface area contributed by atoms with E-state index in [4.69, 9.17) is 23.7 Å². The Balaban J connectivity index is 1.96. The molecule has 0 amide bonds. The third kappa shape index (κ3) is 1.97. The molecular formula is C14H22O6. The fourth-order valence-electron chi connectivity index (χ4n) is 3.58. The Labute approximate surface area is 118 Å². The minimum absolute atomic E-state index is 0.0784. The molecule has 6 heteroatoms. The van der Waals surface area contributed by atoms with Gasteiger partial charge in [-0.05, 0) is 40.5 Å². The van der Waals surface area contributed by atoms with E-state index in [1.165, 1.54) is 7.11 Å². The van der Waals surface area contributed by atoms with Crippen LogP contribution in [-0.2, 0) is 28.5 Å². The van der Waals surface area contributed by atoms with Crippen molar-refractivity contribution >= 4 is 5.97 Å². The van der Waals surface area contributed by atoms with Gasteiger partial charge in [0.05, 0.1) is 13.2 Å². The molecule has 114 valence electrons. The zero-order valence-corrected chi connectivity index (χ0v) is 12.6. The Kier molecular flexibility index (Phi) is 2.97. The van der Waals surface area contributed by atoms with Crippen molar-refractivity contribution < 1.29 is 28.5 Å². The van der Waals surface area contributed by atoms with Gasteiger partial charge < -0.3 is 23.7 Å². The van der Waals surface area contributed by atoms with Crippen molar-refractivity contribution in [2.75, 3.05) is 7.11 Å². The quantitative estimate of drug-likeness (QED) is 0.678. The molecule has 0 aromatic heterocycles. The number of hydrogen-bond acceptors (Lipinski definition) is 6. The summed E-state index contributed by atoms with van der Waals surface area (Å²) >= 11 is 0. The van der Waals surface area contributed by atoms with Crippen LogP contribution in [0.3, 0.4) is 0 Å². The van der Waals surface area contributed by atoms with Gasteiger partial charge in [0.1, 0.15) is 12.2 Å². The summed E-state index contributed by atoms with van der Waals surface area (Å²) in [5.41, 5.74) is -1.09. The molecule has 4 atom stereocenters. The molecule has 2 saturated heterocycles. The van der Waals surface area contributed by atoms with Crippen molar-refractivity contribution in [2.24, 2.45) is 0 Å². The molecule has 0 unspecified atom stereocenters. The molecule has 0 aromatic rings. The van der Waals surface area contributed by atoms with Gasteiger partial charge in [-0.1, -0.05) is 0 Å². The number of carbonyl (C=O) groups is 1. The monoisotopic (exact) mass is 286 g/mol. The van der Waals surface area contributed by atoms with Gasteiger partial charge >= 0.3 is 5.97 Å². The van der Waals surface area contributed by atoms with Crippen LogP contribution in [0.15, 0.2) is 0 Å². The number of fused-ring (bicyclic) bond motifs is 3. The zero-order valence-electron chi connectivity index (χ0n) is 12.6. The summed E-state index contributed by atoms with van der Waals surface area (Å²) in [5, 5.41) is 0. The molecule has 1 aliphatic carbocycles. The lowest BCUT2D eigenvalue weighted by atomic mass is 9.79. The SMILES string of the molecule is COC(=O)[C@@]12CC[C@H]3OC(C)(C)O[C@H]3[C@@H]1OC(C)(C)O2. The van der Waals surface area contributed by atoms with E-state index < -0.39 is 29.2 Å². The summed E-state index contributed by atoms with van der Waals surface area (Å²) in [6, 6.07) is 0. The summed E-state index contributed by atoms with van der Waals surface area (Å²) in [7, 11) is 1.37. The molecular weight excluding hydrogens is 264 g/mol. The van der Waals surface area contributed by atoms with Crippen molar-refractivity contribution in [3.05, 3.63) is 0 Å². The van der Waals surface area contributed by atoms with Crippen molar-refractivity contribution in [2.45, 2.75) is 76.0 Å². The van der Waals surface area contributed by atoms with Crippen LogP contribution >= 0.6 is 0 Å². The molecule has 3 rings (SSSR count). The lowest BCUT2D eigenvalue weighted by Crippen LogP contribution is -2.59. The third-order valence-electron chi connectivity index (χ3n) is 4.15. The first-order chi connectivity index (χ1) is 9.19. The predicted octanol–water partition coefficient (Wildman–Crippen LogP) is 1.36. The van der Waals surface area contributed by atoms with Crippen LogP contribution in [0.2, 0.25) is 0 Å². The van der Waals surface area contributed by atoms with Crippen molar-refractivity contribution in [3.8, 4) is 0 Å². The van der Waals surface area contributed by atoms with Crippen molar-refractivity contribution in [3.63, 3.8) is 0 Å². The van der Waals surface area contributed by atoms with E-state index in [9.17, 15) is 4.79 Å². The number of rotatable bonds is 1. The smallest absolute Gasteiger partial charge is 0.341 e. The molecule has 20 heavy (non-hydrogen) atoms. The van der Waals surface area contributed by atoms with Gasteiger partial charge in [-0.3, -0.25) is 0 Å². The standard InChI is InChI=1S/C14H22O6/c1-12(2)17-8-6-7-14(11(15)16-5)10(9(8)18-12)19-13(3,4)20-14/h8-10H,6-7H2,1-5H3/t8-,9-,10+,14-/m1/s1. The first-order valence-electron chi connectivity index (χ1n) is 7.01. The summed E-state index contributed by atoms with van der Waals surface area (Å²) in [6.07, 6.45) is 0.281. The maximum absolute atomic E-state index is 12.3. The average Bonchev–Trinajstić information content (AvgIpc) is 2.80. The van der Waals surface area contributed by atoms with Crippen LogP contribution < -0.4 is 0 Å². The summed E-state index contributed by atoms with van der Waals surface area (Å²) in [6.45, 7) is 7.33. The first kappa shape index (κ1) is 14.3. The Morgan fingerprint density at radius 1 is 1.10 bits per heavy atom. The van der Waals surface area contributed by atoms with E-state index in [-0.39, 0.29) is 12.2 Å². The fourth-order valence-corrected chi connectivity index (χ4v) is 3.58. The van der Waals surface area contributed by atoms with Crippen molar-refractivity contribution in [1.29, 1.82) is 0 Å². The van der Waals surface area contributed by atoms with Crippen LogP contribution in [0.1, 0.15) is 40.5 Å². The van der Waals surface area contributed by atoms with Crippen LogP contribution in [-0.4, -0.2) is 48.6 Å². The van der Waals surface area contributed by atoms with Gasteiger partial charge in [-0.2, -0.15) is 0 Å². The Hall–Kier alpha value is -0.690. The lowest BCUT2D eigenvalue weighted by Gasteiger charge is -2.38. The molecule has 0 aromatic carbocycles. The van der Waals surface area contributed by atoms with Gasteiger partial charge in [0.15, 0.2) is 17.2 Å². The Morgan fingerprint density at radius 3 is 2.45 bits per heavy atom. The summed E-state index contributed by atoms with van der Waals surface area (Å²) in [4.78, 5) is 12.3. The van der Waals surface area contributed by atoms with Gasteiger partial charge in [0, 0.05) is 0 Å². The first-order valence-corrected chi connectivity index (χ1v) is 7.01. The highest BCUT2D eigenvalue weighted by atomic mass is 16.8. The molecule has 0 N–H and O–H groups in total. The summed E-state index contributed by atoms with van der Waals surface area (Å²) in [5.74, 6) is -1.92. The highest BCUT2D eigenvalue weighted by Crippen LogP contribution is 2.50. The Morgan fingerprint density at radius 2 is 1.80 bits per heavy atom. The maximum atomic E-state index is 12.3. The van der Waals surface area contributed by atoms with E-state index in [2.05, 4.69) is 0 Å². The van der Waals surface area contributed by atoms with E-state index in [0.29, 0.717) is 12.8 Å². The molecule has 3 fully saturated rings. The van der Waals surface area contributed by atoms with E-state index in [1.807, 2.05) is 13.8 Å². The minimum Gasteiger partial charge on any atom is -0.467 e. The topological polar surface area (TPSA) is 63.2 Å². The second-order valence-corrected chi connectivity index (χ2v) is 6.60. The van der Waals surface area contributed by atoms with Crippen LogP contribution in [0.5, 0.6) is 0 Å². The van der Waals surface area contributed by atoms with Crippen LogP contribution in [0.25, 0.3) is 0 Å². The highest BCUT2D eigenvalue weighted by Gasteiger charge is 2.67. The molecule has 2 aliphatic heterocycles. The number of esters is 1. The third-order valence-corrected chi connectivity index (χ3v) is 4.15. The molecule has 0 bridgehead atoms. The summed E-state index contributed by atoms with van der Waals surface area (Å²) < 4.78 is 28.7. The molecule has 0 spiro atoms. The second-order valence-electron chi connectivity index (χ2n) is 6.60. The minimum atomic E-state index is -1.09. The van der Waals surface area contributed by atoms with Gasteiger partial charge in [0.25, 0.3) is 0 Å². The number of ether oxygens (including phenoxy) is 5. The second kappa shape index (κ2) is 4.16. The Bertz CT molecular complexity index is 431. The molecule has 3 aliphatic rings. The predicted molar refractivity (Wildman–Crippen MR) is 67.8 cm³/mol. The molecule has 1 saturated carbocycles. The van der Waals surface area contributed by atoms with Crippen LogP contribution in [0, 0.1) is 0 Å². The molecule has 0 radical (unpaired) electrons. The van der Waals surface area contributed by atoms with E-state index >= 15 is 0 Å².